The molecule has 0 saturated carbocycles. The van der Waals surface area contributed by atoms with Crippen LogP contribution in [-0.4, -0.2) is 50.7 Å². The molecule has 0 aromatic heterocycles. The molecule has 0 amide bonds. The minimum absolute atomic E-state index is 0.0602. The molecular weight excluding hydrogens is 843 g/mol. The summed E-state index contributed by atoms with van der Waals surface area (Å²) in [7, 11) is -9.85. The molecule has 1 aliphatic rings. The van der Waals surface area contributed by atoms with Gasteiger partial charge >= 0.3 is 0 Å². The van der Waals surface area contributed by atoms with Gasteiger partial charge in [0.25, 0.3) is 20.2 Å². The Labute approximate surface area is 369 Å². The number of hydrogen-bond donors (Lipinski definition) is 5. The molecular formula is C48H52N3O6S4+. The van der Waals surface area contributed by atoms with Crippen molar-refractivity contribution < 1.29 is 30.9 Å². The first-order chi connectivity index (χ1) is 28.9. The molecule has 13 heteroatoms. The average Bonchev–Trinajstić information content (AvgIpc) is 3.21. The molecule has 5 aromatic carbocycles. The van der Waals surface area contributed by atoms with E-state index < -0.39 is 30.0 Å². The predicted molar refractivity (Wildman–Crippen MR) is 254 cm³/mol. The number of thioether (sulfide) groups is 2. The molecule has 61 heavy (non-hydrogen) atoms. The first-order valence-corrected chi connectivity index (χ1v) is 25.0. The normalized spacial score (nSPS) is 14.6. The third kappa shape index (κ3) is 9.93. The van der Waals surface area contributed by atoms with Crippen LogP contribution < -0.4 is 15.6 Å². The van der Waals surface area contributed by atoms with E-state index in [0.717, 1.165) is 74.0 Å². The predicted octanol–water partition coefficient (Wildman–Crippen LogP) is 10.0. The van der Waals surface area contributed by atoms with Crippen molar-refractivity contribution in [3.05, 3.63) is 158 Å². The molecule has 0 atom stereocenters. The summed E-state index contributed by atoms with van der Waals surface area (Å²) in [5.41, 5.74) is 15.0. The van der Waals surface area contributed by atoms with E-state index in [1.807, 2.05) is 73.7 Å². The molecule has 318 valence electrons. The zero-order chi connectivity index (χ0) is 44.4. The van der Waals surface area contributed by atoms with Crippen molar-refractivity contribution in [3.63, 3.8) is 0 Å². The maximum Gasteiger partial charge on any atom is 0.295 e. The lowest BCUT2D eigenvalue weighted by Crippen LogP contribution is -2.67. The Balaban J connectivity index is 1.62. The van der Waals surface area contributed by atoms with Gasteiger partial charge < -0.3 is 10.6 Å². The molecule has 0 heterocycles. The Morgan fingerprint density at radius 2 is 1.38 bits per heavy atom. The van der Waals surface area contributed by atoms with Gasteiger partial charge in [-0.15, -0.1) is 23.5 Å². The van der Waals surface area contributed by atoms with E-state index in [4.69, 9.17) is 0 Å². The number of para-hydroxylation sites is 1. The SMILES string of the molecule is CCc1cc(C(=C2C=CC(=[NH+]c3c(C)cc(C)c(SC)c3C)C(CNc3ccccc3)=C2)c2ccc(S(=O)(=O)O)cc2S(=O)(=O)O)ccc1Nc1c(C)cc(C)c(SC)c1C. The summed E-state index contributed by atoms with van der Waals surface area (Å²) < 4.78 is 71.5. The van der Waals surface area contributed by atoms with Crippen LogP contribution in [0.5, 0.6) is 0 Å². The highest BCUT2D eigenvalue weighted by molar-refractivity contribution is 7.99. The van der Waals surface area contributed by atoms with Crippen LogP contribution in [-0.2, 0) is 26.7 Å². The van der Waals surface area contributed by atoms with E-state index in [1.54, 1.807) is 23.5 Å². The van der Waals surface area contributed by atoms with Gasteiger partial charge in [-0.25, -0.2) is 4.99 Å². The first kappa shape index (κ1) is 45.6. The minimum atomic E-state index is -5.02. The van der Waals surface area contributed by atoms with Crippen LogP contribution in [0.15, 0.2) is 128 Å². The largest absolute Gasteiger partial charge is 0.381 e. The fourth-order valence-corrected chi connectivity index (χ4v) is 11.0. The molecule has 0 saturated heterocycles. The van der Waals surface area contributed by atoms with Crippen LogP contribution in [0.1, 0.15) is 57.0 Å². The Morgan fingerprint density at radius 3 is 2.00 bits per heavy atom. The fourth-order valence-electron chi connectivity index (χ4n) is 8.11. The van der Waals surface area contributed by atoms with Crippen molar-refractivity contribution in [2.75, 3.05) is 29.7 Å². The minimum Gasteiger partial charge on any atom is -0.381 e. The van der Waals surface area contributed by atoms with Gasteiger partial charge in [-0.3, -0.25) is 9.11 Å². The first-order valence-electron chi connectivity index (χ1n) is 19.7. The van der Waals surface area contributed by atoms with Crippen LogP contribution in [0, 0.1) is 41.5 Å². The van der Waals surface area contributed by atoms with Gasteiger partial charge in [0.05, 0.1) is 4.90 Å². The second-order valence-electron chi connectivity index (χ2n) is 15.1. The zero-order valence-corrected chi connectivity index (χ0v) is 39.1. The van der Waals surface area contributed by atoms with Crippen LogP contribution in [0.3, 0.4) is 0 Å². The Morgan fingerprint density at radius 1 is 0.721 bits per heavy atom. The van der Waals surface area contributed by atoms with Gasteiger partial charge in [0, 0.05) is 61.7 Å². The highest BCUT2D eigenvalue weighted by Gasteiger charge is 2.27. The van der Waals surface area contributed by atoms with Crippen molar-refractivity contribution in [2.24, 2.45) is 0 Å². The van der Waals surface area contributed by atoms with Gasteiger partial charge in [-0.2, -0.15) is 16.8 Å². The number of hydrogen-bond acceptors (Lipinski definition) is 8. The number of allylic oxidation sites excluding steroid dienone is 4. The van der Waals surface area contributed by atoms with Crippen molar-refractivity contribution in [1.82, 2.24) is 0 Å². The summed E-state index contributed by atoms with van der Waals surface area (Å²) in [6, 6.07) is 23.3. The molecule has 5 aromatic rings. The van der Waals surface area contributed by atoms with E-state index in [1.165, 1.54) is 27.0 Å². The highest BCUT2D eigenvalue weighted by atomic mass is 32.2. The van der Waals surface area contributed by atoms with Gasteiger partial charge in [0.1, 0.15) is 4.90 Å². The molecule has 0 bridgehead atoms. The van der Waals surface area contributed by atoms with Crippen LogP contribution >= 0.6 is 23.5 Å². The van der Waals surface area contributed by atoms with Gasteiger partial charge in [0.2, 0.25) is 11.4 Å². The maximum absolute atomic E-state index is 13.2. The lowest BCUT2D eigenvalue weighted by molar-refractivity contribution is -0.353. The Bertz CT molecular complexity index is 2900. The number of nitrogens with one attached hydrogen (secondary N) is 3. The van der Waals surface area contributed by atoms with E-state index in [9.17, 15) is 25.9 Å². The molecule has 0 aliphatic heterocycles. The standard InChI is InChI=1S/C48H51N3O6S4/c1-10-34-24-35(16-20-41(34)50-45-28(2)22-30(4)47(58-8)32(45)6)44(40-19-18-39(60(52,53)54)26-43(40)61(55,56)57)36-17-21-42(37(25-36)27-49-38-14-12-11-13-15-38)51-46-29(3)23-31(5)48(59-9)33(46)7/h11-26,49-50H,10,27H2,1-9H3,(H,52,53,54)(H,55,56,57)/p+1. The summed E-state index contributed by atoms with van der Waals surface area (Å²) in [6.45, 7) is 15.0. The van der Waals surface area contributed by atoms with Gasteiger partial charge in [-0.1, -0.05) is 43.3 Å². The van der Waals surface area contributed by atoms with E-state index in [0.29, 0.717) is 29.7 Å². The maximum atomic E-state index is 13.2. The molecule has 6 rings (SSSR count). The van der Waals surface area contributed by atoms with E-state index in [-0.39, 0.29) is 5.56 Å². The van der Waals surface area contributed by atoms with Gasteiger partial charge in [-0.05, 0) is 160 Å². The van der Waals surface area contributed by atoms with Crippen molar-refractivity contribution in [3.8, 4) is 0 Å². The Hall–Kier alpha value is -4.89. The second-order valence-corrected chi connectivity index (χ2v) is 19.6. The highest BCUT2D eigenvalue weighted by Crippen LogP contribution is 2.39. The van der Waals surface area contributed by atoms with Crippen LogP contribution in [0.25, 0.3) is 5.57 Å². The van der Waals surface area contributed by atoms with Gasteiger partial charge in [0.15, 0.2) is 0 Å². The fraction of sp³-hybridized carbons (Fsp3) is 0.229. The number of rotatable bonds is 13. The summed E-state index contributed by atoms with van der Waals surface area (Å²) in [6.07, 6.45) is 10.6. The summed E-state index contributed by atoms with van der Waals surface area (Å²) in [5, 5.41) is 7.22. The summed E-state index contributed by atoms with van der Waals surface area (Å²) in [5.74, 6) is 0. The lowest BCUT2D eigenvalue weighted by atomic mass is 9.87. The molecule has 5 N–H and O–H groups in total. The summed E-state index contributed by atoms with van der Waals surface area (Å²) in [4.78, 5) is 4.80. The smallest absolute Gasteiger partial charge is 0.295 e. The molecule has 0 spiro atoms. The average molecular weight is 895 g/mol. The third-order valence-electron chi connectivity index (χ3n) is 11.0. The van der Waals surface area contributed by atoms with Crippen molar-refractivity contribution >= 4 is 77.8 Å². The summed E-state index contributed by atoms with van der Waals surface area (Å²) >= 11 is 3.40. The number of aryl methyl sites for hydroxylation is 5. The molecule has 9 nitrogen and oxygen atoms in total. The van der Waals surface area contributed by atoms with Crippen LogP contribution in [0.4, 0.5) is 22.7 Å². The van der Waals surface area contributed by atoms with Crippen molar-refractivity contribution in [1.29, 1.82) is 0 Å². The van der Waals surface area contributed by atoms with Crippen LogP contribution in [0.2, 0.25) is 0 Å². The molecule has 0 fully saturated rings. The molecule has 1 aliphatic carbocycles. The monoisotopic (exact) mass is 894 g/mol. The molecule has 0 unspecified atom stereocenters. The topological polar surface area (TPSA) is 147 Å². The zero-order valence-electron chi connectivity index (χ0n) is 35.8. The lowest BCUT2D eigenvalue weighted by Gasteiger charge is -2.22. The third-order valence-corrected chi connectivity index (χ3v) is 14.8. The van der Waals surface area contributed by atoms with E-state index in [2.05, 4.69) is 81.8 Å². The quantitative estimate of drug-likeness (QED) is 0.0572. The molecule has 0 radical (unpaired) electrons. The number of benzene rings is 5. The number of anilines is 3. The van der Waals surface area contributed by atoms with E-state index >= 15 is 0 Å². The Kier molecular flexibility index (Phi) is 13.9. The second kappa shape index (κ2) is 18.6. The van der Waals surface area contributed by atoms with Crippen molar-refractivity contribution in [2.45, 2.75) is 74.5 Å².